The summed E-state index contributed by atoms with van der Waals surface area (Å²) in [5, 5.41) is 0. The van der Waals surface area contributed by atoms with E-state index in [0.717, 1.165) is 31.4 Å². The molecular formula is C15H26NO3P. The summed E-state index contributed by atoms with van der Waals surface area (Å²) in [5.41, 5.74) is 0.823. The van der Waals surface area contributed by atoms with Crippen LogP contribution in [0.25, 0.3) is 0 Å². The van der Waals surface area contributed by atoms with Crippen molar-refractivity contribution in [1.29, 1.82) is 0 Å². The first kappa shape index (κ1) is 17.4. The molecule has 4 nitrogen and oxygen atoms in total. The molecule has 1 heterocycles. The molecule has 0 fully saturated rings. The fourth-order valence-corrected chi connectivity index (χ4v) is 3.07. The highest BCUT2D eigenvalue weighted by atomic mass is 31.2. The summed E-state index contributed by atoms with van der Waals surface area (Å²) in [7, 11) is -3.50. The minimum Gasteiger partial charge on any atom is -0.324 e. The molecule has 0 aliphatic carbocycles. The molecular weight excluding hydrogens is 273 g/mol. The van der Waals surface area contributed by atoms with E-state index in [9.17, 15) is 9.46 Å². The Morgan fingerprint density at radius 2 is 2.20 bits per heavy atom. The molecule has 0 spiro atoms. The van der Waals surface area contributed by atoms with Crippen molar-refractivity contribution in [2.45, 2.75) is 46.0 Å². The molecule has 0 amide bonds. The summed E-state index contributed by atoms with van der Waals surface area (Å²) in [6.45, 7) is 4.63. The summed E-state index contributed by atoms with van der Waals surface area (Å²) in [6, 6.07) is 5.57. The summed E-state index contributed by atoms with van der Waals surface area (Å²) in [6.07, 6.45) is 6.64. The lowest BCUT2D eigenvalue weighted by Crippen LogP contribution is -2.09. The van der Waals surface area contributed by atoms with Crippen molar-refractivity contribution in [2.24, 2.45) is 5.92 Å². The highest BCUT2D eigenvalue weighted by Gasteiger charge is 2.21. The lowest BCUT2D eigenvalue weighted by atomic mass is 10.0. The first-order valence-corrected chi connectivity index (χ1v) is 9.20. The van der Waals surface area contributed by atoms with Crippen LogP contribution in [0.1, 0.15) is 45.2 Å². The fraction of sp³-hybridized carbons (Fsp3) is 0.667. The molecule has 0 aliphatic rings. The van der Waals surface area contributed by atoms with E-state index in [1.807, 2.05) is 18.2 Å². The average Bonchev–Trinajstić information content (AvgIpc) is 2.47. The van der Waals surface area contributed by atoms with Gasteiger partial charge in [0.15, 0.2) is 0 Å². The van der Waals surface area contributed by atoms with Gasteiger partial charge in [-0.15, -0.1) is 0 Å². The maximum absolute atomic E-state index is 12.0. The molecule has 5 heteroatoms. The quantitative estimate of drug-likeness (QED) is 0.662. The topological polar surface area (TPSA) is 59.4 Å². The van der Waals surface area contributed by atoms with E-state index in [0.29, 0.717) is 18.9 Å². The zero-order chi connectivity index (χ0) is 14.8. The smallest absolute Gasteiger partial charge is 0.324 e. The second-order valence-corrected chi connectivity index (χ2v) is 7.12. The Morgan fingerprint density at radius 1 is 1.40 bits per heavy atom. The molecule has 2 atom stereocenters. The van der Waals surface area contributed by atoms with E-state index in [1.165, 1.54) is 0 Å². The highest BCUT2D eigenvalue weighted by molar-refractivity contribution is 7.52. The average molecular weight is 299 g/mol. The second kappa shape index (κ2) is 9.28. The summed E-state index contributed by atoms with van der Waals surface area (Å²) >= 11 is 0. The molecule has 1 N–H and O–H groups in total. The van der Waals surface area contributed by atoms with Gasteiger partial charge in [-0.2, -0.15) is 0 Å². The van der Waals surface area contributed by atoms with Crippen LogP contribution >= 0.6 is 7.60 Å². The Bertz CT molecular complexity index is 411. The molecule has 2 unspecified atom stereocenters. The van der Waals surface area contributed by atoms with Gasteiger partial charge in [0.05, 0.1) is 12.8 Å². The molecule has 1 rings (SSSR count). The number of hydrogen-bond donors (Lipinski definition) is 1. The van der Waals surface area contributed by atoms with Crippen molar-refractivity contribution < 1.29 is 14.0 Å². The van der Waals surface area contributed by atoms with Crippen LogP contribution in [0, 0.1) is 5.92 Å². The number of nitrogens with zero attached hydrogens (tertiary/aromatic N) is 1. The maximum Gasteiger partial charge on any atom is 0.328 e. The second-order valence-electron chi connectivity index (χ2n) is 5.14. The summed E-state index contributed by atoms with van der Waals surface area (Å²) < 4.78 is 17.3. The Labute approximate surface area is 122 Å². The lowest BCUT2D eigenvalue weighted by Gasteiger charge is -2.17. The van der Waals surface area contributed by atoms with Gasteiger partial charge in [0.2, 0.25) is 0 Å². The summed E-state index contributed by atoms with van der Waals surface area (Å²) in [5.74, 6) is 0.380. The van der Waals surface area contributed by atoms with Gasteiger partial charge in [-0.3, -0.25) is 9.55 Å². The molecule has 0 bridgehead atoms. The number of pyridine rings is 1. The van der Waals surface area contributed by atoms with Crippen LogP contribution in [0.4, 0.5) is 0 Å². The van der Waals surface area contributed by atoms with Crippen LogP contribution in [0.15, 0.2) is 24.4 Å². The summed E-state index contributed by atoms with van der Waals surface area (Å²) in [4.78, 5) is 14.0. The van der Waals surface area contributed by atoms with E-state index in [2.05, 4.69) is 18.8 Å². The van der Waals surface area contributed by atoms with Gasteiger partial charge in [-0.05, 0) is 24.5 Å². The van der Waals surface area contributed by atoms with Crippen LogP contribution in [0.2, 0.25) is 0 Å². The number of aromatic nitrogens is 1. The van der Waals surface area contributed by atoms with E-state index in [1.54, 1.807) is 6.20 Å². The largest absolute Gasteiger partial charge is 0.328 e. The first-order chi connectivity index (χ1) is 9.57. The highest BCUT2D eigenvalue weighted by Crippen LogP contribution is 2.43. The van der Waals surface area contributed by atoms with Crippen molar-refractivity contribution in [3.05, 3.63) is 30.1 Å². The number of aryl methyl sites for hydroxylation is 1. The van der Waals surface area contributed by atoms with Crippen LogP contribution in [-0.2, 0) is 15.5 Å². The minimum absolute atomic E-state index is 0.133. The van der Waals surface area contributed by atoms with Gasteiger partial charge in [0, 0.05) is 18.3 Å². The third kappa shape index (κ3) is 7.18. The van der Waals surface area contributed by atoms with Gasteiger partial charge in [-0.25, -0.2) is 0 Å². The molecule has 1 aromatic heterocycles. The van der Waals surface area contributed by atoms with Crippen LogP contribution in [-0.4, -0.2) is 22.6 Å². The lowest BCUT2D eigenvalue weighted by molar-refractivity contribution is 0.204. The number of rotatable bonds is 10. The van der Waals surface area contributed by atoms with Gasteiger partial charge in [0.25, 0.3) is 0 Å². The van der Waals surface area contributed by atoms with E-state index < -0.39 is 7.60 Å². The SMILES string of the molecule is CCCCC(CC)COP(=O)(O)CCc1ccccn1. The zero-order valence-corrected chi connectivity index (χ0v) is 13.4. The van der Waals surface area contributed by atoms with Crippen LogP contribution < -0.4 is 0 Å². The Kier molecular flexibility index (Phi) is 8.05. The molecule has 1 aromatic rings. The van der Waals surface area contributed by atoms with Crippen molar-refractivity contribution in [2.75, 3.05) is 12.8 Å². The fourth-order valence-electron chi connectivity index (χ4n) is 1.99. The Hall–Kier alpha value is -0.700. The Morgan fingerprint density at radius 3 is 2.80 bits per heavy atom. The van der Waals surface area contributed by atoms with Crippen molar-refractivity contribution >= 4 is 7.60 Å². The third-order valence-electron chi connectivity index (χ3n) is 3.43. The standard InChI is InChI=1S/C15H26NO3P/c1-3-5-8-14(4-2)13-19-20(17,18)12-10-15-9-6-7-11-16-15/h6-7,9,11,14H,3-5,8,10,12-13H2,1-2H3,(H,17,18). The number of hydrogen-bond acceptors (Lipinski definition) is 3. The van der Waals surface area contributed by atoms with Crippen molar-refractivity contribution in [1.82, 2.24) is 4.98 Å². The first-order valence-electron chi connectivity index (χ1n) is 7.43. The van der Waals surface area contributed by atoms with Crippen LogP contribution in [0.3, 0.4) is 0 Å². The molecule has 0 radical (unpaired) electrons. The molecule has 0 saturated heterocycles. The molecule has 0 aliphatic heterocycles. The Balaban J connectivity index is 2.35. The molecule has 114 valence electrons. The zero-order valence-electron chi connectivity index (χ0n) is 12.5. The van der Waals surface area contributed by atoms with E-state index in [-0.39, 0.29) is 6.16 Å². The predicted molar refractivity (Wildman–Crippen MR) is 81.9 cm³/mol. The third-order valence-corrected chi connectivity index (χ3v) is 4.77. The number of unbranched alkanes of at least 4 members (excludes halogenated alkanes) is 1. The van der Waals surface area contributed by atoms with Gasteiger partial charge >= 0.3 is 7.60 Å². The van der Waals surface area contributed by atoms with Gasteiger partial charge in [-0.1, -0.05) is 39.2 Å². The van der Waals surface area contributed by atoms with E-state index >= 15 is 0 Å². The van der Waals surface area contributed by atoms with E-state index in [4.69, 9.17) is 4.52 Å². The molecule has 0 saturated carbocycles. The van der Waals surface area contributed by atoms with Crippen molar-refractivity contribution in [3.63, 3.8) is 0 Å². The van der Waals surface area contributed by atoms with Crippen LogP contribution in [0.5, 0.6) is 0 Å². The van der Waals surface area contributed by atoms with Gasteiger partial charge in [0.1, 0.15) is 0 Å². The maximum atomic E-state index is 12.0. The monoisotopic (exact) mass is 299 g/mol. The van der Waals surface area contributed by atoms with Crippen molar-refractivity contribution in [3.8, 4) is 0 Å². The molecule has 20 heavy (non-hydrogen) atoms. The van der Waals surface area contributed by atoms with Gasteiger partial charge < -0.3 is 9.42 Å². The molecule has 0 aromatic carbocycles. The minimum atomic E-state index is -3.50. The normalized spacial score (nSPS) is 15.8. The predicted octanol–water partition coefficient (Wildman–Crippen LogP) is 4.04.